The minimum absolute atomic E-state index is 0.163. The van der Waals surface area contributed by atoms with E-state index < -0.39 is 0 Å². The molecule has 8 nitrogen and oxygen atoms in total. The van der Waals surface area contributed by atoms with Gasteiger partial charge in [0.15, 0.2) is 11.5 Å². The van der Waals surface area contributed by atoms with E-state index in [0.29, 0.717) is 11.1 Å². The molecule has 0 N–H and O–H groups in total. The van der Waals surface area contributed by atoms with Crippen molar-refractivity contribution >= 4 is 17.2 Å². The zero-order valence-corrected chi connectivity index (χ0v) is 16.3. The third kappa shape index (κ3) is 2.62. The van der Waals surface area contributed by atoms with Gasteiger partial charge in [-0.15, -0.1) is 5.10 Å². The molecule has 2 saturated heterocycles. The molecule has 148 valence electrons. The van der Waals surface area contributed by atoms with Crippen molar-refractivity contribution in [3.05, 3.63) is 57.8 Å². The molecule has 0 aromatic carbocycles. The number of nitrogens with zero attached hydrogens (tertiary/aromatic N) is 6. The third-order valence-corrected chi connectivity index (χ3v) is 6.30. The Morgan fingerprint density at radius 1 is 1.14 bits per heavy atom. The van der Waals surface area contributed by atoms with E-state index in [1.165, 1.54) is 28.0 Å². The van der Waals surface area contributed by atoms with Gasteiger partial charge in [-0.2, -0.15) is 4.52 Å². The van der Waals surface area contributed by atoms with Gasteiger partial charge < -0.3 is 14.5 Å². The Morgan fingerprint density at radius 3 is 2.79 bits per heavy atom. The van der Waals surface area contributed by atoms with Gasteiger partial charge in [-0.05, 0) is 30.2 Å². The largest absolute Gasteiger partial charge is 0.380 e. The maximum Gasteiger partial charge on any atom is 0.274 e. The van der Waals surface area contributed by atoms with Gasteiger partial charge in [0.25, 0.3) is 5.56 Å². The van der Waals surface area contributed by atoms with Gasteiger partial charge in [0.05, 0.1) is 30.5 Å². The normalized spacial score (nSPS) is 19.8. The Bertz CT molecular complexity index is 1180. The second-order valence-electron chi connectivity index (χ2n) is 8.52. The minimum Gasteiger partial charge on any atom is -0.380 e. The van der Waals surface area contributed by atoms with Crippen molar-refractivity contribution < 1.29 is 4.74 Å². The molecule has 3 aromatic rings. The molecule has 0 radical (unpaired) electrons. The SMILES string of the molecule is Cc1cc2nccc(=O)n2nc1N1CCc2ncc(N3CC4(COC4)C3)cc2C1. The van der Waals surface area contributed by atoms with Gasteiger partial charge in [-0.3, -0.25) is 9.78 Å². The first-order valence-electron chi connectivity index (χ1n) is 10.0. The van der Waals surface area contributed by atoms with Crippen LogP contribution in [-0.2, 0) is 17.7 Å². The van der Waals surface area contributed by atoms with Gasteiger partial charge in [-0.25, -0.2) is 4.98 Å². The van der Waals surface area contributed by atoms with Crippen LogP contribution in [0.15, 0.2) is 35.4 Å². The highest BCUT2D eigenvalue weighted by Crippen LogP contribution is 2.40. The van der Waals surface area contributed by atoms with Crippen LogP contribution in [0.5, 0.6) is 0 Å². The standard InChI is InChI=1S/C21H22N6O2/c1-14-6-18-22-4-2-19(28)27(18)24-20(14)25-5-3-17-15(9-25)7-16(8-23-17)26-10-21(11-26)12-29-13-21/h2,4,6-8H,3,5,9-13H2,1H3. The average Bonchev–Trinajstić information content (AvgIpc) is 2.65. The molecule has 0 atom stereocenters. The predicted molar refractivity (Wildman–Crippen MR) is 108 cm³/mol. The van der Waals surface area contributed by atoms with Crippen LogP contribution in [0.25, 0.3) is 5.65 Å². The number of aromatic nitrogens is 4. The molecular weight excluding hydrogens is 368 g/mol. The third-order valence-electron chi connectivity index (χ3n) is 6.30. The number of aryl methyl sites for hydroxylation is 1. The zero-order valence-electron chi connectivity index (χ0n) is 16.3. The summed E-state index contributed by atoms with van der Waals surface area (Å²) in [5.41, 5.74) is 5.40. The first-order chi connectivity index (χ1) is 14.1. The van der Waals surface area contributed by atoms with Crippen molar-refractivity contribution in [3.8, 4) is 0 Å². The topological polar surface area (TPSA) is 75.9 Å². The second kappa shape index (κ2) is 6.00. The Hall–Kier alpha value is -3.00. The quantitative estimate of drug-likeness (QED) is 0.651. The van der Waals surface area contributed by atoms with Gasteiger partial charge in [0.2, 0.25) is 0 Å². The molecule has 6 heterocycles. The van der Waals surface area contributed by atoms with Gasteiger partial charge in [0.1, 0.15) is 0 Å². The highest BCUT2D eigenvalue weighted by Gasteiger charge is 2.49. The molecule has 1 spiro atoms. The van der Waals surface area contributed by atoms with E-state index in [9.17, 15) is 4.79 Å². The highest BCUT2D eigenvalue weighted by molar-refractivity contribution is 5.56. The summed E-state index contributed by atoms with van der Waals surface area (Å²) in [5.74, 6) is 0.832. The number of pyridine rings is 1. The molecular formula is C21H22N6O2. The first-order valence-corrected chi connectivity index (χ1v) is 10.0. The zero-order chi connectivity index (χ0) is 19.6. The van der Waals surface area contributed by atoms with Crippen molar-refractivity contribution in [3.63, 3.8) is 0 Å². The number of rotatable bonds is 2. The van der Waals surface area contributed by atoms with E-state index in [-0.39, 0.29) is 5.56 Å². The summed E-state index contributed by atoms with van der Waals surface area (Å²) < 4.78 is 6.77. The molecule has 8 heteroatoms. The summed E-state index contributed by atoms with van der Waals surface area (Å²) in [6.07, 6.45) is 4.40. The first kappa shape index (κ1) is 16.9. The van der Waals surface area contributed by atoms with E-state index in [2.05, 4.69) is 25.9 Å². The van der Waals surface area contributed by atoms with Crippen molar-refractivity contribution in [2.24, 2.45) is 5.41 Å². The van der Waals surface area contributed by atoms with E-state index in [1.807, 2.05) is 19.2 Å². The minimum atomic E-state index is -0.163. The van der Waals surface area contributed by atoms with Crippen molar-refractivity contribution in [2.75, 3.05) is 42.6 Å². The molecule has 6 rings (SSSR count). The summed E-state index contributed by atoms with van der Waals surface area (Å²) in [5, 5.41) is 4.62. The fourth-order valence-corrected chi connectivity index (χ4v) is 4.65. The summed E-state index contributed by atoms with van der Waals surface area (Å²) in [6, 6.07) is 5.63. The maximum atomic E-state index is 12.2. The number of fused-ring (bicyclic) bond motifs is 2. The lowest BCUT2D eigenvalue weighted by Crippen LogP contribution is -2.66. The van der Waals surface area contributed by atoms with Crippen LogP contribution in [0, 0.1) is 12.3 Å². The van der Waals surface area contributed by atoms with Gasteiger partial charge in [0, 0.05) is 50.6 Å². The molecule has 0 saturated carbocycles. The van der Waals surface area contributed by atoms with E-state index >= 15 is 0 Å². The Morgan fingerprint density at radius 2 is 2.00 bits per heavy atom. The van der Waals surface area contributed by atoms with Gasteiger partial charge >= 0.3 is 0 Å². The summed E-state index contributed by atoms with van der Waals surface area (Å²) in [6.45, 7) is 7.47. The Balaban J connectivity index is 1.30. The molecule has 3 aliphatic rings. The average molecular weight is 390 g/mol. The number of hydrogen-bond donors (Lipinski definition) is 0. The fraction of sp³-hybridized carbons (Fsp3) is 0.429. The van der Waals surface area contributed by atoms with E-state index in [4.69, 9.17) is 9.72 Å². The van der Waals surface area contributed by atoms with Crippen LogP contribution in [0.3, 0.4) is 0 Å². The predicted octanol–water partition coefficient (Wildman–Crippen LogP) is 1.19. The van der Waals surface area contributed by atoms with Crippen LogP contribution >= 0.6 is 0 Å². The molecule has 0 aliphatic carbocycles. The van der Waals surface area contributed by atoms with Crippen molar-refractivity contribution in [1.29, 1.82) is 0 Å². The number of hydrogen-bond acceptors (Lipinski definition) is 7. The molecule has 3 aliphatic heterocycles. The summed E-state index contributed by atoms with van der Waals surface area (Å²) in [4.78, 5) is 25.8. The highest BCUT2D eigenvalue weighted by atomic mass is 16.5. The lowest BCUT2D eigenvalue weighted by Gasteiger charge is -2.56. The second-order valence-corrected chi connectivity index (χ2v) is 8.52. The molecule has 2 fully saturated rings. The van der Waals surface area contributed by atoms with Crippen molar-refractivity contribution in [2.45, 2.75) is 19.9 Å². The molecule has 0 bridgehead atoms. The van der Waals surface area contributed by atoms with Crippen LogP contribution in [0.4, 0.5) is 11.5 Å². The van der Waals surface area contributed by atoms with Crippen LogP contribution in [-0.4, -0.2) is 52.4 Å². The Labute approximate surface area is 167 Å². The van der Waals surface area contributed by atoms with E-state index in [1.54, 1.807) is 0 Å². The summed E-state index contributed by atoms with van der Waals surface area (Å²) >= 11 is 0. The monoisotopic (exact) mass is 390 g/mol. The molecule has 3 aromatic heterocycles. The fourth-order valence-electron chi connectivity index (χ4n) is 4.65. The van der Waals surface area contributed by atoms with Crippen LogP contribution < -0.4 is 15.4 Å². The number of anilines is 2. The van der Waals surface area contributed by atoms with Crippen molar-refractivity contribution in [1.82, 2.24) is 19.6 Å². The molecule has 0 unspecified atom stereocenters. The number of ether oxygens (including phenoxy) is 1. The van der Waals surface area contributed by atoms with Gasteiger partial charge in [-0.1, -0.05) is 0 Å². The van der Waals surface area contributed by atoms with E-state index in [0.717, 1.165) is 62.9 Å². The maximum absolute atomic E-state index is 12.2. The lowest BCUT2D eigenvalue weighted by atomic mass is 9.78. The van der Waals surface area contributed by atoms with Crippen LogP contribution in [0.1, 0.15) is 16.8 Å². The molecule has 0 amide bonds. The smallest absolute Gasteiger partial charge is 0.274 e. The Kier molecular flexibility index (Phi) is 3.50. The van der Waals surface area contributed by atoms with Crippen LogP contribution in [0.2, 0.25) is 0 Å². The lowest BCUT2D eigenvalue weighted by molar-refractivity contribution is -0.127. The molecule has 29 heavy (non-hydrogen) atoms. The summed E-state index contributed by atoms with van der Waals surface area (Å²) in [7, 11) is 0.